The summed E-state index contributed by atoms with van der Waals surface area (Å²) >= 11 is 0. The molecule has 0 saturated heterocycles. The van der Waals surface area contributed by atoms with Gasteiger partial charge in [-0.05, 0) is 44.9 Å². The summed E-state index contributed by atoms with van der Waals surface area (Å²) < 4.78 is 6.29. The lowest BCUT2D eigenvalue weighted by Crippen LogP contribution is -2.52. The molecule has 1 aliphatic carbocycles. The molecule has 0 bridgehead atoms. The highest BCUT2D eigenvalue weighted by Crippen LogP contribution is 2.35. The minimum atomic E-state index is -0.0672. The Balaban J connectivity index is 2.20. The van der Waals surface area contributed by atoms with Gasteiger partial charge in [0.2, 0.25) is 0 Å². The Hall–Kier alpha value is -1.13. The molecule has 1 aliphatic rings. The van der Waals surface area contributed by atoms with Crippen LogP contribution in [0.1, 0.15) is 51.0 Å². The second-order valence-corrected chi connectivity index (χ2v) is 6.01. The van der Waals surface area contributed by atoms with E-state index in [1.165, 1.54) is 25.7 Å². The van der Waals surface area contributed by atoms with Crippen molar-refractivity contribution in [1.82, 2.24) is 10.3 Å². The molecule has 1 atom stereocenters. The monoisotopic (exact) mass is 291 g/mol. The number of nitrogens with one attached hydrogen (secondary N) is 1. The van der Waals surface area contributed by atoms with Gasteiger partial charge < -0.3 is 15.8 Å². The van der Waals surface area contributed by atoms with E-state index in [0.29, 0.717) is 5.82 Å². The SMILES string of the molecule is CCOC1(C(Cc2cccnc2N)NC)CCCCCC1. The number of pyridine rings is 1. The molecule has 1 saturated carbocycles. The predicted molar refractivity (Wildman–Crippen MR) is 87.3 cm³/mol. The van der Waals surface area contributed by atoms with E-state index < -0.39 is 0 Å². The van der Waals surface area contributed by atoms with Crippen LogP contribution < -0.4 is 11.1 Å². The maximum Gasteiger partial charge on any atom is 0.126 e. The van der Waals surface area contributed by atoms with Crippen molar-refractivity contribution in [2.24, 2.45) is 0 Å². The second-order valence-electron chi connectivity index (χ2n) is 6.01. The Labute approximate surface area is 128 Å². The standard InChI is InChI=1S/C17H29N3O/c1-3-21-17(10-6-4-5-7-11-17)15(19-2)13-14-9-8-12-20-16(14)18/h8-9,12,15,19H,3-7,10-11,13H2,1-2H3,(H2,18,20). The van der Waals surface area contributed by atoms with E-state index in [2.05, 4.69) is 23.3 Å². The molecule has 0 spiro atoms. The highest BCUT2D eigenvalue weighted by Gasteiger charge is 2.39. The van der Waals surface area contributed by atoms with Gasteiger partial charge in [0.25, 0.3) is 0 Å². The van der Waals surface area contributed by atoms with Crippen molar-refractivity contribution in [3.63, 3.8) is 0 Å². The normalized spacial score (nSPS) is 19.9. The van der Waals surface area contributed by atoms with Crippen LogP contribution in [0.15, 0.2) is 18.3 Å². The van der Waals surface area contributed by atoms with E-state index in [-0.39, 0.29) is 11.6 Å². The molecule has 1 heterocycles. The first kappa shape index (κ1) is 16.2. The van der Waals surface area contributed by atoms with Crippen LogP contribution in [-0.4, -0.2) is 30.3 Å². The number of nitrogens with two attached hydrogens (primary N) is 1. The van der Waals surface area contributed by atoms with Crippen molar-refractivity contribution in [3.8, 4) is 0 Å². The third kappa shape index (κ3) is 3.95. The van der Waals surface area contributed by atoms with Gasteiger partial charge in [0.05, 0.1) is 5.60 Å². The number of likely N-dealkylation sites (N-methyl/N-ethyl adjacent to an activating group) is 1. The number of aromatic nitrogens is 1. The molecule has 1 fully saturated rings. The Morgan fingerprint density at radius 1 is 1.33 bits per heavy atom. The van der Waals surface area contributed by atoms with Crippen molar-refractivity contribution in [2.75, 3.05) is 19.4 Å². The van der Waals surface area contributed by atoms with Crippen molar-refractivity contribution in [2.45, 2.75) is 63.5 Å². The van der Waals surface area contributed by atoms with E-state index in [4.69, 9.17) is 10.5 Å². The summed E-state index contributed by atoms with van der Waals surface area (Å²) in [7, 11) is 2.03. The number of nitrogen functional groups attached to an aromatic ring is 1. The Morgan fingerprint density at radius 3 is 2.62 bits per heavy atom. The van der Waals surface area contributed by atoms with Crippen molar-refractivity contribution in [1.29, 1.82) is 0 Å². The lowest BCUT2D eigenvalue weighted by molar-refractivity contribution is -0.0752. The molecule has 4 nitrogen and oxygen atoms in total. The first-order valence-corrected chi connectivity index (χ1v) is 8.22. The molecule has 0 aliphatic heterocycles. The zero-order valence-corrected chi connectivity index (χ0v) is 13.4. The summed E-state index contributed by atoms with van der Waals surface area (Å²) in [5, 5.41) is 3.49. The average Bonchev–Trinajstić information content (AvgIpc) is 2.73. The molecule has 3 N–H and O–H groups in total. The van der Waals surface area contributed by atoms with Gasteiger partial charge in [-0.2, -0.15) is 0 Å². The van der Waals surface area contributed by atoms with Crippen LogP contribution in [0.5, 0.6) is 0 Å². The first-order chi connectivity index (χ1) is 10.2. The third-order valence-electron chi connectivity index (χ3n) is 4.72. The molecule has 21 heavy (non-hydrogen) atoms. The quantitative estimate of drug-likeness (QED) is 0.791. The number of rotatable bonds is 6. The molecule has 1 unspecified atom stereocenters. The molecule has 0 amide bonds. The van der Waals surface area contributed by atoms with Gasteiger partial charge in [0.15, 0.2) is 0 Å². The molecular formula is C17H29N3O. The summed E-state index contributed by atoms with van der Waals surface area (Å²) in [5.41, 5.74) is 7.07. The molecule has 118 valence electrons. The number of hydrogen-bond donors (Lipinski definition) is 2. The lowest BCUT2D eigenvalue weighted by Gasteiger charge is -2.40. The lowest BCUT2D eigenvalue weighted by atomic mass is 9.82. The van der Waals surface area contributed by atoms with Gasteiger partial charge in [0, 0.05) is 18.8 Å². The van der Waals surface area contributed by atoms with Gasteiger partial charge in [-0.25, -0.2) is 4.98 Å². The van der Waals surface area contributed by atoms with Gasteiger partial charge in [-0.1, -0.05) is 31.7 Å². The highest BCUT2D eigenvalue weighted by molar-refractivity contribution is 5.39. The number of ether oxygens (including phenoxy) is 1. The van der Waals surface area contributed by atoms with Crippen LogP contribution in [0.4, 0.5) is 5.82 Å². The van der Waals surface area contributed by atoms with Gasteiger partial charge in [-0.15, -0.1) is 0 Å². The van der Waals surface area contributed by atoms with Crippen molar-refractivity contribution in [3.05, 3.63) is 23.9 Å². The minimum absolute atomic E-state index is 0.0672. The first-order valence-electron chi connectivity index (χ1n) is 8.22. The van der Waals surface area contributed by atoms with E-state index in [0.717, 1.165) is 31.4 Å². The Kier molecular flexibility index (Phi) is 6.00. The average molecular weight is 291 g/mol. The van der Waals surface area contributed by atoms with Gasteiger partial charge >= 0.3 is 0 Å². The zero-order chi connectivity index (χ0) is 15.1. The van der Waals surface area contributed by atoms with E-state index in [1.54, 1.807) is 6.20 Å². The zero-order valence-electron chi connectivity index (χ0n) is 13.4. The van der Waals surface area contributed by atoms with Crippen LogP contribution in [0.25, 0.3) is 0 Å². The topological polar surface area (TPSA) is 60.2 Å². The molecule has 2 rings (SSSR count). The summed E-state index contributed by atoms with van der Waals surface area (Å²) in [6, 6.07) is 4.31. The Morgan fingerprint density at radius 2 is 2.05 bits per heavy atom. The van der Waals surface area contributed by atoms with Crippen LogP contribution in [0, 0.1) is 0 Å². The molecular weight excluding hydrogens is 262 g/mol. The fourth-order valence-corrected chi connectivity index (χ4v) is 3.60. The summed E-state index contributed by atoms with van der Waals surface area (Å²) in [4.78, 5) is 4.21. The second kappa shape index (κ2) is 7.76. The van der Waals surface area contributed by atoms with Crippen LogP contribution in [0.2, 0.25) is 0 Å². The van der Waals surface area contributed by atoms with Crippen molar-refractivity contribution >= 4 is 5.82 Å². The highest BCUT2D eigenvalue weighted by atomic mass is 16.5. The predicted octanol–water partition coefficient (Wildman–Crippen LogP) is 2.92. The number of anilines is 1. The third-order valence-corrected chi connectivity index (χ3v) is 4.72. The van der Waals surface area contributed by atoms with E-state index in [9.17, 15) is 0 Å². The minimum Gasteiger partial charge on any atom is -0.383 e. The molecule has 4 heteroatoms. The van der Waals surface area contributed by atoms with Crippen LogP contribution in [0.3, 0.4) is 0 Å². The maximum atomic E-state index is 6.29. The molecule has 0 aromatic carbocycles. The van der Waals surface area contributed by atoms with Gasteiger partial charge in [0.1, 0.15) is 5.82 Å². The van der Waals surface area contributed by atoms with Crippen LogP contribution >= 0.6 is 0 Å². The Bertz CT molecular complexity index is 428. The van der Waals surface area contributed by atoms with E-state index >= 15 is 0 Å². The maximum absolute atomic E-state index is 6.29. The summed E-state index contributed by atoms with van der Waals surface area (Å²) in [6.07, 6.45) is 10.0. The fraction of sp³-hybridized carbons (Fsp3) is 0.706. The smallest absolute Gasteiger partial charge is 0.126 e. The van der Waals surface area contributed by atoms with Crippen molar-refractivity contribution < 1.29 is 4.74 Å². The molecule has 1 aromatic heterocycles. The number of hydrogen-bond acceptors (Lipinski definition) is 4. The molecule has 0 radical (unpaired) electrons. The number of nitrogens with zero attached hydrogens (tertiary/aromatic N) is 1. The van der Waals surface area contributed by atoms with E-state index in [1.807, 2.05) is 13.1 Å². The van der Waals surface area contributed by atoms with Gasteiger partial charge in [-0.3, -0.25) is 0 Å². The molecule has 1 aromatic rings. The largest absolute Gasteiger partial charge is 0.383 e. The summed E-state index contributed by atoms with van der Waals surface area (Å²) in [6.45, 7) is 2.86. The fourth-order valence-electron chi connectivity index (χ4n) is 3.60. The van der Waals surface area contributed by atoms with Crippen LogP contribution in [-0.2, 0) is 11.2 Å². The summed E-state index contributed by atoms with van der Waals surface area (Å²) in [5.74, 6) is 0.637.